The molecule has 0 saturated heterocycles. The number of carbonyl (C=O) groups is 2. The Balaban J connectivity index is 1.49. The summed E-state index contributed by atoms with van der Waals surface area (Å²) in [6, 6.07) is 3.23. The van der Waals surface area contributed by atoms with Gasteiger partial charge in [0.25, 0.3) is 5.92 Å². The molecule has 0 bridgehead atoms. The summed E-state index contributed by atoms with van der Waals surface area (Å²) >= 11 is 6.63. The molecule has 3 N–H and O–H groups in total. The van der Waals surface area contributed by atoms with Gasteiger partial charge in [0.2, 0.25) is 15.9 Å². The monoisotopic (exact) mass is 1080 g/mol. The van der Waals surface area contributed by atoms with Crippen LogP contribution in [0.25, 0.3) is 22.0 Å². The number of halogens is 11. The quantitative estimate of drug-likeness (QED) is 0.0783. The van der Waals surface area contributed by atoms with Crippen LogP contribution < -0.4 is 14.9 Å². The Morgan fingerprint density at radius 3 is 2.14 bits per heavy atom. The Bertz CT molecular complexity index is 3330. The third kappa shape index (κ3) is 10.7. The Labute approximate surface area is 408 Å². The number of hydrogen-bond acceptors (Lipinski definition) is 10. The second-order valence-corrected chi connectivity index (χ2v) is 23.3. The first-order valence-electron chi connectivity index (χ1n) is 21.2. The molecule has 7 rings (SSSR count). The van der Waals surface area contributed by atoms with E-state index >= 15 is 8.78 Å². The van der Waals surface area contributed by atoms with E-state index in [-0.39, 0.29) is 42.5 Å². The standard InChI is InChI=1S/C44H41ClF10N8O7S2/c1-40(2,20-64)58-39(66)63(72(6,69)70)38-33-29(45)10-9-26(35(33)62(60-38)19-42(48,49)50)25-8-7-24(11-12-41(3,4)71(5,67)68)56-34(25)30(15-21-13-22(46)16-23(47)14-21)57-31(65)18-61-37-32(36(59-61)44(53,54)55)27-17-28(27)43(37,51)52/h7-10,13-14,16,27-28,30,64H,15,17-20H2,1-6H3,(H,57,65)(H,58,66)/t27-,28+,30-/m0/s1. The molecule has 2 aliphatic rings. The molecule has 0 radical (unpaired) electrons. The number of nitrogens with one attached hydrogen (secondary N) is 2. The number of aliphatic hydroxyl groups is 1. The average Bonchev–Trinajstić information content (AvgIpc) is 3.74. The van der Waals surface area contributed by atoms with E-state index in [0.717, 1.165) is 42.7 Å². The van der Waals surface area contributed by atoms with Crippen molar-refractivity contribution in [3.63, 3.8) is 0 Å². The number of sulfone groups is 1. The number of alkyl halides is 8. The van der Waals surface area contributed by atoms with E-state index in [1.165, 1.54) is 27.7 Å². The van der Waals surface area contributed by atoms with Gasteiger partial charge in [0, 0.05) is 34.9 Å². The molecule has 0 unspecified atom stereocenters. The van der Waals surface area contributed by atoms with Crippen molar-refractivity contribution in [2.24, 2.45) is 5.92 Å². The first kappa shape index (κ1) is 53.8. The van der Waals surface area contributed by atoms with Crippen LogP contribution >= 0.6 is 11.6 Å². The number of urea groups is 1. The van der Waals surface area contributed by atoms with Gasteiger partial charge in [0.05, 0.1) is 46.1 Å². The molecule has 5 aromatic rings. The van der Waals surface area contributed by atoms with Crippen LogP contribution in [-0.2, 0) is 56.3 Å². The Morgan fingerprint density at radius 1 is 0.944 bits per heavy atom. The number of rotatable bonds is 13. The number of benzene rings is 2. The number of aromatic nitrogens is 5. The predicted molar refractivity (Wildman–Crippen MR) is 240 cm³/mol. The maximum absolute atomic E-state index is 15.6. The van der Waals surface area contributed by atoms with E-state index in [1.54, 1.807) is 0 Å². The number of hydrogen-bond donors (Lipinski definition) is 3. The molecule has 3 atom stereocenters. The predicted octanol–water partition coefficient (Wildman–Crippen LogP) is 7.54. The largest absolute Gasteiger partial charge is 0.435 e. The second-order valence-electron chi connectivity index (χ2n) is 18.5. The fourth-order valence-electron chi connectivity index (χ4n) is 8.18. The van der Waals surface area contributed by atoms with Crippen molar-refractivity contribution in [1.82, 2.24) is 35.2 Å². The van der Waals surface area contributed by atoms with Crippen molar-refractivity contribution in [1.29, 1.82) is 0 Å². The summed E-state index contributed by atoms with van der Waals surface area (Å²) in [5.41, 5.74) is -7.47. The molecular formula is C44H41ClF10N8O7S2. The number of pyridine rings is 1. The fourth-order valence-corrected chi connectivity index (χ4v) is 9.45. The van der Waals surface area contributed by atoms with E-state index in [4.69, 9.17) is 11.6 Å². The van der Waals surface area contributed by atoms with Gasteiger partial charge in [-0.25, -0.2) is 35.4 Å². The molecule has 3 amide bonds. The SMILES string of the molecule is CC(C)(CO)NC(=O)N(c1nn(CC(F)(F)F)c2c(-c3ccc(C#CC(C)(C)S(C)(=O)=O)nc3[C@H](Cc3cc(F)cc(F)c3)NC(=O)Cn3nc(C(F)(F)F)c4c3C(F)(F)[C@@H]3C[C@H]43)ccc(Cl)c12)S(C)(=O)=O. The molecule has 2 aliphatic carbocycles. The molecule has 1 saturated carbocycles. The van der Waals surface area contributed by atoms with E-state index in [9.17, 15) is 66.7 Å². The third-order valence-electron chi connectivity index (χ3n) is 11.9. The fraction of sp³-hybridized carbons (Fsp3) is 0.432. The number of sulfonamides is 1. The number of aliphatic hydroxyl groups excluding tert-OH is 1. The topological polar surface area (TPSA) is 198 Å². The van der Waals surface area contributed by atoms with Gasteiger partial charge in [-0.3, -0.25) is 14.2 Å². The lowest BCUT2D eigenvalue weighted by atomic mass is 9.93. The Hall–Kier alpha value is -5.98. The van der Waals surface area contributed by atoms with Gasteiger partial charge in [-0.15, -0.1) is 0 Å². The molecule has 15 nitrogen and oxygen atoms in total. The Kier molecular flexibility index (Phi) is 13.6. The van der Waals surface area contributed by atoms with Gasteiger partial charge >= 0.3 is 18.4 Å². The van der Waals surface area contributed by atoms with Gasteiger partial charge in [-0.05, 0) is 88.3 Å². The van der Waals surface area contributed by atoms with Crippen LogP contribution in [0.1, 0.15) is 80.0 Å². The van der Waals surface area contributed by atoms with E-state index in [1.807, 2.05) is 0 Å². The first-order valence-corrected chi connectivity index (χ1v) is 25.3. The number of fused-ring (bicyclic) bond motifs is 4. The highest BCUT2D eigenvalue weighted by molar-refractivity contribution is 7.93. The van der Waals surface area contributed by atoms with Crippen molar-refractivity contribution in [2.45, 2.75) is 94.1 Å². The highest BCUT2D eigenvalue weighted by atomic mass is 35.5. The zero-order valence-electron chi connectivity index (χ0n) is 38.4. The van der Waals surface area contributed by atoms with Crippen LogP contribution in [0.5, 0.6) is 0 Å². The van der Waals surface area contributed by atoms with Crippen molar-refractivity contribution in [3.05, 3.63) is 93.0 Å². The zero-order valence-corrected chi connectivity index (χ0v) is 40.8. The van der Waals surface area contributed by atoms with Crippen molar-refractivity contribution < 1.29 is 75.4 Å². The van der Waals surface area contributed by atoms with Gasteiger partial charge in [0.1, 0.15) is 40.9 Å². The molecule has 3 heterocycles. The lowest BCUT2D eigenvalue weighted by Gasteiger charge is -2.27. The lowest BCUT2D eigenvalue weighted by molar-refractivity contribution is -0.143. The van der Waals surface area contributed by atoms with E-state index < -0.39 is 160 Å². The maximum Gasteiger partial charge on any atom is 0.435 e. The first-order chi connectivity index (χ1) is 32.9. The van der Waals surface area contributed by atoms with E-state index in [0.29, 0.717) is 12.3 Å². The van der Waals surface area contributed by atoms with Crippen LogP contribution in [0.3, 0.4) is 0 Å². The molecular weight excluding hydrogens is 1040 g/mol. The van der Waals surface area contributed by atoms with Crippen molar-refractivity contribution in [3.8, 4) is 23.0 Å². The summed E-state index contributed by atoms with van der Waals surface area (Å²) in [6.07, 6.45) is -9.96. The van der Waals surface area contributed by atoms with Crippen LogP contribution in [0.15, 0.2) is 42.5 Å². The van der Waals surface area contributed by atoms with Gasteiger partial charge in [-0.1, -0.05) is 23.6 Å². The summed E-state index contributed by atoms with van der Waals surface area (Å²) in [5, 5.41) is 20.7. The maximum atomic E-state index is 15.6. The van der Waals surface area contributed by atoms with E-state index in [2.05, 4.69) is 37.7 Å². The minimum absolute atomic E-state index is 0.00139. The van der Waals surface area contributed by atoms with Gasteiger partial charge in [-0.2, -0.15) is 49.6 Å². The van der Waals surface area contributed by atoms with Crippen LogP contribution in [-0.4, -0.2) is 94.0 Å². The normalized spacial score (nSPS) is 17.2. The molecule has 388 valence electrons. The molecule has 28 heteroatoms. The highest BCUT2D eigenvalue weighted by Crippen LogP contribution is 2.68. The zero-order chi connectivity index (χ0) is 53.6. The summed E-state index contributed by atoms with van der Waals surface area (Å²) in [4.78, 5) is 32.4. The highest BCUT2D eigenvalue weighted by Gasteiger charge is 2.68. The number of carbonyl (C=O) groups excluding carboxylic acids is 2. The van der Waals surface area contributed by atoms with Crippen LogP contribution in [0.4, 0.5) is 54.5 Å². The minimum Gasteiger partial charge on any atom is -0.394 e. The lowest BCUT2D eigenvalue weighted by Crippen LogP contribution is -2.53. The summed E-state index contributed by atoms with van der Waals surface area (Å²) in [6.45, 7) is 0.991. The molecule has 2 aromatic carbocycles. The van der Waals surface area contributed by atoms with Gasteiger partial charge in [0.15, 0.2) is 21.3 Å². The average molecular weight is 1080 g/mol. The number of nitrogens with zero attached hydrogens (tertiary/aromatic N) is 6. The minimum atomic E-state index is -5.23. The molecule has 72 heavy (non-hydrogen) atoms. The molecule has 0 aliphatic heterocycles. The van der Waals surface area contributed by atoms with Crippen LogP contribution in [0.2, 0.25) is 5.02 Å². The summed E-state index contributed by atoms with van der Waals surface area (Å²) in [7, 11) is -8.75. The van der Waals surface area contributed by atoms with Crippen molar-refractivity contribution >= 4 is 60.1 Å². The number of amides is 3. The summed E-state index contributed by atoms with van der Waals surface area (Å²) < 4.78 is 198. The summed E-state index contributed by atoms with van der Waals surface area (Å²) in [5.74, 6) is -6.07. The van der Waals surface area contributed by atoms with Gasteiger partial charge < -0.3 is 15.7 Å². The van der Waals surface area contributed by atoms with Crippen LogP contribution in [0, 0.1) is 29.4 Å². The second kappa shape index (κ2) is 18.2. The third-order valence-corrected chi connectivity index (χ3v) is 15.1. The Morgan fingerprint density at radius 2 is 1.57 bits per heavy atom. The number of anilines is 1. The smallest absolute Gasteiger partial charge is 0.394 e. The molecule has 1 fully saturated rings. The molecule has 3 aromatic heterocycles. The molecule has 0 spiro atoms. The van der Waals surface area contributed by atoms with Crippen molar-refractivity contribution in [2.75, 3.05) is 23.4 Å².